The number of rotatable bonds is 6. The average molecular weight is 309 g/mol. The minimum atomic E-state index is -0.605. The molecular formula is C13H13ClN4O3. The summed E-state index contributed by atoms with van der Waals surface area (Å²) in [6.07, 6.45) is 1.18. The summed E-state index contributed by atoms with van der Waals surface area (Å²) in [7, 11) is 1.62. The van der Waals surface area contributed by atoms with Crippen molar-refractivity contribution >= 4 is 23.1 Å². The van der Waals surface area contributed by atoms with Crippen molar-refractivity contribution in [1.29, 1.82) is 0 Å². The van der Waals surface area contributed by atoms with Gasteiger partial charge in [0.1, 0.15) is 6.33 Å². The van der Waals surface area contributed by atoms with Crippen LogP contribution in [0.1, 0.15) is 11.1 Å². The van der Waals surface area contributed by atoms with Crippen LogP contribution in [0.2, 0.25) is 5.15 Å². The fourth-order valence-corrected chi connectivity index (χ4v) is 2.03. The first kappa shape index (κ1) is 15.1. The molecule has 2 aromatic rings. The van der Waals surface area contributed by atoms with Crippen molar-refractivity contribution in [2.45, 2.75) is 13.2 Å². The van der Waals surface area contributed by atoms with Crippen molar-refractivity contribution < 1.29 is 9.66 Å². The number of nitrogens with one attached hydrogen (secondary N) is 1. The van der Waals surface area contributed by atoms with Gasteiger partial charge >= 0.3 is 5.69 Å². The van der Waals surface area contributed by atoms with Gasteiger partial charge in [-0.15, -0.1) is 0 Å². The average Bonchev–Trinajstić information content (AvgIpc) is 2.45. The standard InChI is InChI=1S/C13H13ClN4O3/c1-21-7-10-4-2-3-9(5-10)6-15-13-11(18(19)20)12(14)16-8-17-13/h2-5,8H,6-7H2,1H3,(H,15,16,17). The van der Waals surface area contributed by atoms with E-state index >= 15 is 0 Å². The van der Waals surface area contributed by atoms with E-state index in [1.54, 1.807) is 7.11 Å². The molecule has 0 saturated carbocycles. The molecule has 1 heterocycles. The molecule has 1 aromatic heterocycles. The van der Waals surface area contributed by atoms with Gasteiger partial charge in [-0.25, -0.2) is 9.97 Å². The molecule has 0 atom stereocenters. The number of hydrogen-bond acceptors (Lipinski definition) is 6. The Kier molecular flexibility index (Phi) is 5.02. The topological polar surface area (TPSA) is 90.2 Å². The number of benzene rings is 1. The third-order valence-corrected chi connectivity index (χ3v) is 3.00. The Hall–Kier alpha value is -2.25. The first-order chi connectivity index (χ1) is 10.1. The van der Waals surface area contributed by atoms with E-state index in [2.05, 4.69) is 15.3 Å². The van der Waals surface area contributed by atoms with Crippen LogP contribution in [-0.2, 0) is 17.9 Å². The zero-order chi connectivity index (χ0) is 15.2. The van der Waals surface area contributed by atoms with E-state index in [0.29, 0.717) is 13.2 Å². The second-order valence-electron chi connectivity index (χ2n) is 4.23. The molecule has 0 spiro atoms. The minimum Gasteiger partial charge on any atom is -0.380 e. The third kappa shape index (κ3) is 3.87. The highest BCUT2D eigenvalue weighted by molar-refractivity contribution is 6.31. The molecule has 0 radical (unpaired) electrons. The molecule has 2 rings (SSSR count). The molecule has 0 aliphatic carbocycles. The van der Waals surface area contributed by atoms with Gasteiger partial charge in [-0.05, 0) is 11.1 Å². The van der Waals surface area contributed by atoms with Gasteiger partial charge in [0.2, 0.25) is 11.0 Å². The molecule has 110 valence electrons. The van der Waals surface area contributed by atoms with Gasteiger partial charge in [0, 0.05) is 13.7 Å². The van der Waals surface area contributed by atoms with E-state index in [0.717, 1.165) is 11.1 Å². The predicted molar refractivity (Wildman–Crippen MR) is 78.2 cm³/mol. The normalized spacial score (nSPS) is 10.4. The second kappa shape index (κ2) is 6.96. The lowest BCUT2D eigenvalue weighted by Gasteiger charge is -2.08. The van der Waals surface area contributed by atoms with Gasteiger partial charge in [-0.1, -0.05) is 35.9 Å². The Balaban J connectivity index is 2.15. The molecule has 1 N–H and O–H groups in total. The maximum atomic E-state index is 11.0. The lowest BCUT2D eigenvalue weighted by Crippen LogP contribution is -2.06. The molecule has 8 heteroatoms. The fourth-order valence-electron chi connectivity index (χ4n) is 1.83. The Labute approximate surface area is 126 Å². The SMILES string of the molecule is COCc1cccc(CNc2ncnc(Cl)c2[N+](=O)[O-])c1. The van der Waals surface area contributed by atoms with Crippen LogP contribution in [0.15, 0.2) is 30.6 Å². The van der Waals surface area contributed by atoms with Crippen LogP contribution in [-0.4, -0.2) is 22.0 Å². The van der Waals surface area contributed by atoms with E-state index in [-0.39, 0.29) is 16.7 Å². The first-order valence-corrected chi connectivity index (χ1v) is 6.45. The Morgan fingerprint density at radius 3 is 2.86 bits per heavy atom. The highest BCUT2D eigenvalue weighted by Crippen LogP contribution is 2.28. The Bertz CT molecular complexity index is 651. The number of ether oxygens (including phenoxy) is 1. The van der Waals surface area contributed by atoms with Crippen LogP contribution in [0, 0.1) is 10.1 Å². The monoisotopic (exact) mass is 308 g/mol. The van der Waals surface area contributed by atoms with Gasteiger partial charge in [-0.2, -0.15) is 0 Å². The zero-order valence-corrected chi connectivity index (χ0v) is 12.0. The summed E-state index contributed by atoms with van der Waals surface area (Å²) in [4.78, 5) is 17.8. The summed E-state index contributed by atoms with van der Waals surface area (Å²) < 4.78 is 5.06. The third-order valence-electron chi connectivity index (χ3n) is 2.72. The summed E-state index contributed by atoms with van der Waals surface area (Å²) in [5.74, 6) is 0.0946. The lowest BCUT2D eigenvalue weighted by atomic mass is 10.1. The number of anilines is 1. The van der Waals surface area contributed by atoms with E-state index in [9.17, 15) is 10.1 Å². The summed E-state index contributed by atoms with van der Waals surface area (Å²) in [5, 5.41) is 13.7. The van der Waals surface area contributed by atoms with Gasteiger partial charge < -0.3 is 10.1 Å². The van der Waals surface area contributed by atoms with Crippen LogP contribution in [0.3, 0.4) is 0 Å². The van der Waals surface area contributed by atoms with Crippen molar-refractivity contribution in [3.05, 3.63) is 57.0 Å². The predicted octanol–water partition coefficient (Wildman–Crippen LogP) is 2.80. The molecule has 21 heavy (non-hydrogen) atoms. The van der Waals surface area contributed by atoms with Gasteiger partial charge in [0.25, 0.3) is 0 Å². The van der Waals surface area contributed by atoms with Crippen molar-refractivity contribution in [3.63, 3.8) is 0 Å². The van der Waals surface area contributed by atoms with Gasteiger partial charge in [0.05, 0.1) is 11.5 Å². The number of methoxy groups -OCH3 is 1. The van der Waals surface area contributed by atoms with Crippen LogP contribution in [0.25, 0.3) is 0 Å². The number of hydrogen-bond donors (Lipinski definition) is 1. The molecule has 0 fully saturated rings. The van der Waals surface area contributed by atoms with Crippen molar-refractivity contribution in [2.75, 3.05) is 12.4 Å². The van der Waals surface area contributed by atoms with Gasteiger partial charge in [-0.3, -0.25) is 10.1 Å². The molecule has 0 unspecified atom stereocenters. The molecule has 1 aromatic carbocycles. The van der Waals surface area contributed by atoms with Crippen LogP contribution in [0.5, 0.6) is 0 Å². The Morgan fingerprint density at radius 2 is 2.14 bits per heavy atom. The quantitative estimate of drug-likeness (QED) is 0.501. The van der Waals surface area contributed by atoms with E-state index < -0.39 is 4.92 Å². The number of halogens is 1. The zero-order valence-electron chi connectivity index (χ0n) is 11.2. The van der Waals surface area contributed by atoms with Gasteiger partial charge in [0.15, 0.2) is 0 Å². The second-order valence-corrected chi connectivity index (χ2v) is 4.58. The van der Waals surface area contributed by atoms with Crippen molar-refractivity contribution in [3.8, 4) is 0 Å². The van der Waals surface area contributed by atoms with E-state index in [4.69, 9.17) is 16.3 Å². The molecule has 0 aliphatic rings. The van der Waals surface area contributed by atoms with Crippen molar-refractivity contribution in [2.24, 2.45) is 0 Å². The van der Waals surface area contributed by atoms with Crippen LogP contribution >= 0.6 is 11.6 Å². The molecule has 0 bridgehead atoms. The molecule has 7 nitrogen and oxygen atoms in total. The summed E-state index contributed by atoms with van der Waals surface area (Å²) in [6, 6.07) is 7.69. The maximum Gasteiger partial charge on any atom is 0.348 e. The lowest BCUT2D eigenvalue weighted by molar-refractivity contribution is -0.384. The fraction of sp³-hybridized carbons (Fsp3) is 0.231. The Morgan fingerprint density at radius 1 is 1.38 bits per heavy atom. The highest BCUT2D eigenvalue weighted by Gasteiger charge is 2.21. The molecule has 0 saturated heterocycles. The maximum absolute atomic E-state index is 11.0. The van der Waals surface area contributed by atoms with Crippen LogP contribution in [0.4, 0.5) is 11.5 Å². The number of nitro groups is 1. The summed E-state index contributed by atoms with van der Waals surface area (Å²) >= 11 is 5.72. The summed E-state index contributed by atoms with van der Waals surface area (Å²) in [6.45, 7) is 0.888. The van der Waals surface area contributed by atoms with E-state index in [1.165, 1.54) is 6.33 Å². The first-order valence-electron chi connectivity index (χ1n) is 6.07. The number of aromatic nitrogens is 2. The highest BCUT2D eigenvalue weighted by atomic mass is 35.5. The largest absolute Gasteiger partial charge is 0.380 e. The van der Waals surface area contributed by atoms with Crippen molar-refractivity contribution in [1.82, 2.24) is 9.97 Å². The smallest absolute Gasteiger partial charge is 0.348 e. The molecule has 0 aliphatic heterocycles. The molecule has 0 amide bonds. The number of nitrogens with zero attached hydrogens (tertiary/aromatic N) is 3. The van der Waals surface area contributed by atoms with E-state index in [1.807, 2.05) is 24.3 Å². The molecular weight excluding hydrogens is 296 g/mol. The minimum absolute atomic E-state index is 0.0946. The summed E-state index contributed by atoms with van der Waals surface area (Å²) in [5.41, 5.74) is 1.65. The van der Waals surface area contributed by atoms with Crippen LogP contribution < -0.4 is 5.32 Å².